The molecular weight excluding hydrogens is 904 g/mol. The minimum absolute atomic E-state index is 0.140. The summed E-state index contributed by atoms with van der Waals surface area (Å²) >= 11 is 0. The van der Waals surface area contributed by atoms with Crippen LogP contribution in [0.3, 0.4) is 0 Å². The number of esters is 3. The van der Waals surface area contributed by atoms with Crippen LogP contribution in [0.2, 0.25) is 0 Å². The summed E-state index contributed by atoms with van der Waals surface area (Å²) in [5, 5.41) is 9.77. The molecule has 0 spiro atoms. The van der Waals surface area contributed by atoms with E-state index in [0.29, 0.717) is 19.3 Å². The molecule has 0 heterocycles. The molecule has 0 aromatic carbocycles. The van der Waals surface area contributed by atoms with E-state index in [-0.39, 0.29) is 25.9 Å². The zero-order valence-corrected chi connectivity index (χ0v) is 44.8. The molecule has 0 aromatic rings. The van der Waals surface area contributed by atoms with Gasteiger partial charge in [0.25, 0.3) is 0 Å². The van der Waals surface area contributed by atoms with Crippen molar-refractivity contribution in [3.63, 3.8) is 0 Å². The van der Waals surface area contributed by atoms with Gasteiger partial charge in [-0.25, -0.2) is 4.57 Å². The molecule has 0 radical (unpaired) electrons. The number of rotatable bonds is 49. The molecule has 0 fully saturated rings. The van der Waals surface area contributed by atoms with Gasteiger partial charge in [0.15, 0.2) is 6.10 Å². The van der Waals surface area contributed by atoms with Crippen LogP contribution in [-0.2, 0) is 42.2 Å². The minimum Gasteiger partial charge on any atom is -0.462 e. The number of aliphatic hydroxyl groups excluding tert-OH is 1. The van der Waals surface area contributed by atoms with Crippen LogP contribution in [0.25, 0.3) is 0 Å². The molecule has 0 amide bonds. The second-order valence-electron chi connectivity index (χ2n) is 17.6. The van der Waals surface area contributed by atoms with Crippen LogP contribution in [0.4, 0.5) is 0 Å². The molecule has 70 heavy (non-hydrogen) atoms. The van der Waals surface area contributed by atoms with E-state index in [1.54, 1.807) is 0 Å². The van der Waals surface area contributed by atoms with Gasteiger partial charge in [0.2, 0.25) is 0 Å². The molecule has 0 saturated heterocycles. The Morgan fingerprint density at radius 1 is 0.414 bits per heavy atom. The lowest BCUT2D eigenvalue weighted by Gasteiger charge is -2.21. The minimum atomic E-state index is -4.76. The number of phosphoric acid groups is 1. The van der Waals surface area contributed by atoms with E-state index < -0.39 is 57.8 Å². The second kappa shape index (κ2) is 51.7. The van der Waals surface area contributed by atoms with Gasteiger partial charge in [0.1, 0.15) is 12.7 Å². The van der Waals surface area contributed by atoms with Crippen LogP contribution in [0.5, 0.6) is 0 Å². The molecule has 0 aliphatic carbocycles. The Hall–Kier alpha value is -3.60. The molecule has 0 aliphatic heterocycles. The maximum atomic E-state index is 12.9. The first-order valence-electron chi connectivity index (χ1n) is 27.1. The predicted molar refractivity (Wildman–Crippen MR) is 288 cm³/mol. The molecule has 400 valence electrons. The number of carbonyl (C=O) groups excluding carboxylic acids is 3. The molecule has 2 N–H and O–H groups in total. The van der Waals surface area contributed by atoms with Crippen LogP contribution in [0.15, 0.2) is 97.2 Å². The summed E-state index contributed by atoms with van der Waals surface area (Å²) in [6, 6.07) is 0. The van der Waals surface area contributed by atoms with Crippen LogP contribution in [-0.4, -0.2) is 66.5 Å². The number of unbranched alkanes of at least 4 members (excludes halogenated alkanes) is 16. The summed E-state index contributed by atoms with van der Waals surface area (Å²) in [7, 11) is -4.76. The summed E-state index contributed by atoms with van der Waals surface area (Å²) in [4.78, 5) is 48.4. The average molecular weight is 1000 g/mol. The lowest BCUT2D eigenvalue weighted by atomic mass is 10.1. The van der Waals surface area contributed by atoms with Crippen LogP contribution in [0.1, 0.15) is 213 Å². The van der Waals surface area contributed by atoms with Gasteiger partial charge in [0.05, 0.1) is 19.8 Å². The fourth-order valence-corrected chi connectivity index (χ4v) is 7.65. The highest BCUT2D eigenvalue weighted by Gasteiger charge is 2.28. The van der Waals surface area contributed by atoms with Crippen molar-refractivity contribution in [1.29, 1.82) is 0 Å². The first-order valence-corrected chi connectivity index (χ1v) is 28.6. The molecule has 0 saturated carbocycles. The molecule has 0 aromatic heterocycles. The van der Waals surface area contributed by atoms with Gasteiger partial charge >= 0.3 is 25.7 Å². The first-order chi connectivity index (χ1) is 34.2. The van der Waals surface area contributed by atoms with Crippen LogP contribution < -0.4 is 0 Å². The number of hydrogen-bond acceptors (Lipinski definition) is 10. The smallest absolute Gasteiger partial charge is 0.462 e. The zero-order valence-electron chi connectivity index (χ0n) is 43.9. The third kappa shape index (κ3) is 49.4. The summed E-state index contributed by atoms with van der Waals surface area (Å²) in [6.45, 7) is 4.29. The standard InChI is InChI=1S/C58H97O11P/c1-4-7-10-13-16-19-22-24-25-26-27-28-29-31-34-37-40-43-46-49-58(62)69-55(51-65-56(60)47-44-41-38-35-33-30-23-20-17-14-11-8-5-2)53-67-70(63,64)66-52-54(50-59)68-57(61)48-45-42-39-36-32-21-18-15-12-9-6-3/h7-8,10-11,15-20,24-25,27-28,30,33,54-55,59H,4-6,9,12-14,21-23,26,29,31-32,34-53H2,1-3H3,(H,63,64)/b10-7-,11-8-,18-15-,19-16-,20-17-,25-24-,28-27-,33-30-. The van der Waals surface area contributed by atoms with E-state index in [9.17, 15) is 28.9 Å². The molecule has 0 rings (SSSR count). The Morgan fingerprint density at radius 2 is 0.743 bits per heavy atom. The summed E-state index contributed by atoms with van der Waals surface area (Å²) in [5.74, 6) is -1.53. The third-order valence-electron chi connectivity index (χ3n) is 11.0. The van der Waals surface area contributed by atoms with Crippen molar-refractivity contribution in [1.82, 2.24) is 0 Å². The molecule has 3 unspecified atom stereocenters. The highest BCUT2D eigenvalue weighted by atomic mass is 31.2. The van der Waals surface area contributed by atoms with E-state index in [1.807, 2.05) is 0 Å². The van der Waals surface area contributed by atoms with Crippen molar-refractivity contribution >= 4 is 25.7 Å². The van der Waals surface area contributed by atoms with Gasteiger partial charge < -0.3 is 24.2 Å². The topological polar surface area (TPSA) is 155 Å². The van der Waals surface area contributed by atoms with E-state index in [1.165, 1.54) is 12.8 Å². The summed E-state index contributed by atoms with van der Waals surface area (Å²) in [5.41, 5.74) is 0. The molecule has 0 aliphatic rings. The highest BCUT2D eigenvalue weighted by Crippen LogP contribution is 2.43. The van der Waals surface area contributed by atoms with Gasteiger partial charge in [0, 0.05) is 19.3 Å². The molecule has 11 nitrogen and oxygen atoms in total. The molecule has 3 atom stereocenters. The van der Waals surface area contributed by atoms with Gasteiger partial charge in [-0.2, -0.15) is 0 Å². The molecule has 12 heteroatoms. The monoisotopic (exact) mass is 1000 g/mol. The van der Waals surface area contributed by atoms with Crippen molar-refractivity contribution in [3.05, 3.63) is 97.2 Å². The van der Waals surface area contributed by atoms with Crippen molar-refractivity contribution in [3.8, 4) is 0 Å². The second-order valence-corrected chi connectivity index (χ2v) is 19.1. The Morgan fingerprint density at radius 3 is 1.17 bits per heavy atom. The summed E-state index contributed by atoms with van der Waals surface area (Å²) < 4.78 is 39.4. The summed E-state index contributed by atoms with van der Waals surface area (Å²) in [6.07, 6.45) is 59.5. The Balaban J connectivity index is 4.81. The average Bonchev–Trinajstić information content (AvgIpc) is 3.35. The van der Waals surface area contributed by atoms with E-state index in [4.69, 9.17) is 23.3 Å². The number of carbonyl (C=O) groups is 3. The number of allylic oxidation sites excluding steroid dienone is 16. The SMILES string of the molecule is CC/C=C\C/C=C\C/C=C\C/C=C\CCCCCCCCC(=O)OC(COC(=O)CCCCC/C=C\C/C=C\C/C=C\CC)COP(=O)(O)OCC(CO)OC(=O)CCCCCCC/C=C\CCCC. The van der Waals surface area contributed by atoms with Gasteiger partial charge in [-0.15, -0.1) is 0 Å². The maximum Gasteiger partial charge on any atom is 0.472 e. The number of phosphoric ester groups is 1. The fourth-order valence-electron chi connectivity index (χ4n) is 6.87. The Bertz CT molecular complexity index is 1540. The molecular formula is C58H97O11P. The Labute approximate surface area is 425 Å². The largest absolute Gasteiger partial charge is 0.472 e. The first kappa shape index (κ1) is 66.4. The number of ether oxygens (including phenoxy) is 3. The highest BCUT2D eigenvalue weighted by molar-refractivity contribution is 7.47. The number of hydrogen-bond donors (Lipinski definition) is 2. The lowest BCUT2D eigenvalue weighted by molar-refractivity contribution is -0.161. The zero-order chi connectivity index (χ0) is 51.3. The van der Waals surface area contributed by atoms with E-state index >= 15 is 0 Å². The van der Waals surface area contributed by atoms with Gasteiger partial charge in [-0.05, 0) is 109 Å². The normalized spacial score (nSPS) is 14.2. The van der Waals surface area contributed by atoms with Crippen molar-refractivity contribution in [2.75, 3.05) is 26.4 Å². The lowest BCUT2D eigenvalue weighted by Crippen LogP contribution is -2.30. The predicted octanol–water partition coefficient (Wildman–Crippen LogP) is 15.7. The number of aliphatic hydroxyl groups is 1. The van der Waals surface area contributed by atoms with Crippen LogP contribution in [0, 0.1) is 0 Å². The fraction of sp³-hybridized carbons (Fsp3) is 0.672. The van der Waals surface area contributed by atoms with Crippen molar-refractivity contribution in [2.24, 2.45) is 0 Å². The van der Waals surface area contributed by atoms with E-state index in [0.717, 1.165) is 141 Å². The van der Waals surface area contributed by atoms with Crippen molar-refractivity contribution < 1.29 is 52.2 Å². The molecule has 0 bridgehead atoms. The van der Waals surface area contributed by atoms with E-state index in [2.05, 4.69) is 118 Å². The van der Waals surface area contributed by atoms with Crippen molar-refractivity contribution in [2.45, 2.75) is 226 Å². The third-order valence-corrected chi connectivity index (χ3v) is 11.9. The van der Waals surface area contributed by atoms with Gasteiger partial charge in [-0.3, -0.25) is 23.4 Å². The maximum absolute atomic E-state index is 12.9. The Kier molecular flexibility index (Phi) is 49.1. The van der Waals surface area contributed by atoms with Gasteiger partial charge in [-0.1, -0.05) is 182 Å². The quantitative estimate of drug-likeness (QED) is 0.0197. The van der Waals surface area contributed by atoms with Crippen LogP contribution >= 0.6 is 7.82 Å².